The van der Waals surface area contributed by atoms with Gasteiger partial charge < -0.3 is 9.41 Å². The molecule has 2 nitrogen and oxygen atoms in total. The van der Waals surface area contributed by atoms with Gasteiger partial charge in [0, 0.05) is 21.9 Å². The van der Waals surface area contributed by atoms with E-state index in [-0.39, 0.29) is 0 Å². The molecule has 0 atom stereocenters. The molecule has 0 aliphatic carbocycles. The Labute approximate surface area is 115 Å². The topological polar surface area (TPSA) is 25.0 Å². The van der Waals surface area contributed by atoms with Crippen molar-refractivity contribution >= 4 is 31.6 Å². The summed E-state index contributed by atoms with van der Waals surface area (Å²) >= 11 is 0. The molecule has 19 heavy (non-hydrogen) atoms. The monoisotopic (exact) mass is 267 g/mol. The Morgan fingerprint density at radius 3 is 2.68 bits per heavy atom. The summed E-state index contributed by atoms with van der Waals surface area (Å²) in [6, 6.07) is 14.8. The molecule has 0 aliphatic heterocycles. The van der Waals surface area contributed by atoms with Crippen LogP contribution in [0.15, 0.2) is 42.5 Å². The number of benzene rings is 2. The minimum Gasteiger partial charge on any atom is -0.413 e. The second-order valence-corrected chi connectivity index (χ2v) is 6.75. The van der Waals surface area contributed by atoms with Gasteiger partial charge in [0.05, 0.1) is 12.1 Å². The summed E-state index contributed by atoms with van der Waals surface area (Å²) in [5.41, 5.74) is 4.23. The number of aromatic amines is 1. The highest BCUT2D eigenvalue weighted by Gasteiger charge is 2.07. The third-order valence-corrected chi connectivity index (χ3v) is 3.96. The van der Waals surface area contributed by atoms with Gasteiger partial charge in [-0.2, -0.15) is 0 Å². The van der Waals surface area contributed by atoms with E-state index in [1.807, 2.05) is 0 Å². The van der Waals surface area contributed by atoms with Crippen molar-refractivity contribution in [3.8, 4) is 0 Å². The number of hydrogen-bond acceptors (Lipinski definition) is 1. The number of hydrogen-bond donors (Lipinski definition) is 1. The molecule has 0 unspecified atom stereocenters. The van der Waals surface area contributed by atoms with Crippen molar-refractivity contribution in [1.29, 1.82) is 0 Å². The summed E-state index contributed by atoms with van der Waals surface area (Å²) in [5.74, 6) is 0. The molecule has 1 aromatic heterocycles. The van der Waals surface area contributed by atoms with Crippen molar-refractivity contribution in [2.24, 2.45) is 0 Å². The normalized spacial score (nSPS) is 11.7. The van der Waals surface area contributed by atoms with Gasteiger partial charge in [0.15, 0.2) is 0 Å². The predicted octanol–water partition coefficient (Wildman–Crippen LogP) is 4.29. The van der Waals surface area contributed by atoms with Crippen LogP contribution < -0.4 is 0 Å². The first-order chi connectivity index (χ1) is 9.25. The molecule has 0 aliphatic rings. The Morgan fingerprint density at radius 2 is 1.84 bits per heavy atom. The Balaban J connectivity index is 2.00. The minimum atomic E-state index is 0.560. The van der Waals surface area contributed by atoms with Gasteiger partial charge in [-0.1, -0.05) is 50.2 Å². The first-order valence-corrected chi connectivity index (χ1v) is 7.60. The van der Waals surface area contributed by atoms with Crippen molar-refractivity contribution in [2.75, 3.05) is 0 Å². The fourth-order valence-corrected chi connectivity index (χ4v) is 2.91. The number of aromatic nitrogens is 1. The van der Waals surface area contributed by atoms with E-state index in [1.54, 1.807) is 0 Å². The maximum Gasteiger partial charge on any atom is 0.233 e. The Hall–Kier alpha value is -1.58. The molecule has 0 spiro atoms. The van der Waals surface area contributed by atoms with Crippen LogP contribution in [0.5, 0.6) is 0 Å². The molecule has 3 rings (SSSR count). The first kappa shape index (κ1) is 12.5. The molecule has 1 heterocycles. The van der Waals surface area contributed by atoms with Gasteiger partial charge in [-0.15, -0.1) is 0 Å². The van der Waals surface area contributed by atoms with Crippen molar-refractivity contribution in [2.45, 2.75) is 26.0 Å². The van der Waals surface area contributed by atoms with E-state index in [1.165, 1.54) is 27.4 Å². The number of para-hydroxylation sites is 2. The van der Waals surface area contributed by atoms with Crippen molar-refractivity contribution in [1.82, 2.24) is 4.98 Å². The molecule has 0 saturated carbocycles. The van der Waals surface area contributed by atoms with Crippen LogP contribution >= 0.6 is 0 Å². The lowest BCUT2D eigenvalue weighted by Gasteiger charge is -2.06. The van der Waals surface area contributed by atoms with Gasteiger partial charge in [0.2, 0.25) is 9.76 Å². The SMILES string of the molecule is CC(C)[Si]OCc1cccc2c1[nH]c1ccccc12. The Bertz CT molecular complexity index is 702. The standard InChI is InChI=1S/C16H17NOSi/c1-11(2)19-18-10-12-6-5-8-14-13-7-3-4-9-15(13)17-16(12)14/h3-9,11,17H,10H2,1-2H3. The quantitative estimate of drug-likeness (QED) is 0.701. The molecule has 3 heteroatoms. The van der Waals surface area contributed by atoms with Gasteiger partial charge >= 0.3 is 0 Å². The zero-order valence-electron chi connectivity index (χ0n) is 11.2. The molecule has 0 saturated heterocycles. The van der Waals surface area contributed by atoms with Gasteiger partial charge in [-0.3, -0.25) is 0 Å². The molecule has 0 fully saturated rings. The summed E-state index contributed by atoms with van der Waals surface area (Å²) in [5, 5.41) is 2.57. The first-order valence-electron chi connectivity index (χ1n) is 6.61. The number of rotatable bonds is 4. The van der Waals surface area contributed by atoms with Crippen molar-refractivity contribution in [3.05, 3.63) is 48.0 Å². The largest absolute Gasteiger partial charge is 0.413 e. The van der Waals surface area contributed by atoms with E-state index in [2.05, 4.69) is 61.3 Å². The van der Waals surface area contributed by atoms with Gasteiger partial charge in [-0.05, 0) is 11.6 Å². The van der Waals surface area contributed by atoms with Crippen molar-refractivity contribution < 1.29 is 4.43 Å². The van der Waals surface area contributed by atoms with Gasteiger partial charge in [0.25, 0.3) is 0 Å². The fourth-order valence-electron chi connectivity index (χ4n) is 2.34. The van der Waals surface area contributed by atoms with Crippen LogP contribution in [0, 0.1) is 0 Å². The van der Waals surface area contributed by atoms with Crippen LogP contribution in [-0.2, 0) is 11.0 Å². The van der Waals surface area contributed by atoms with E-state index >= 15 is 0 Å². The maximum atomic E-state index is 5.79. The van der Waals surface area contributed by atoms with Crippen LogP contribution in [0.25, 0.3) is 21.8 Å². The summed E-state index contributed by atoms with van der Waals surface area (Å²) in [4.78, 5) is 3.51. The van der Waals surface area contributed by atoms with Crippen LogP contribution in [0.2, 0.25) is 5.54 Å². The van der Waals surface area contributed by atoms with E-state index in [0.29, 0.717) is 21.9 Å². The lowest BCUT2D eigenvalue weighted by atomic mass is 10.1. The highest BCUT2D eigenvalue weighted by atomic mass is 28.2. The predicted molar refractivity (Wildman–Crippen MR) is 81.4 cm³/mol. The number of nitrogens with one attached hydrogen (secondary N) is 1. The molecule has 3 aromatic rings. The minimum absolute atomic E-state index is 0.560. The molecule has 2 radical (unpaired) electrons. The summed E-state index contributed by atoms with van der Waals surface area (Å²) in [6.07, 6.45) is 0. The number of H-pyrrole nitrogens is 1. The Kier molecular flexibility index (Phi) is 3.40. The molecule has 0 amide bonds. The fraction of sp³-hybridized carbons (Fsp3) is 0.250. The smallest absolute Gasteiger partial charge is 0.233 e. The highest BCUT2D eigenvalue weighted by molar-refractivity contribution is 6.29. The van der Waals surface area contributed by atoms with Crippen molar-refractivity contribution in [3.63, 3.8) is 0 Å². The lowest BCUT2D eigenvalue weighted by Crippen LogP contribution is -2.02. The third-order valence-electron chi connectivity index (χ3n) is 3.17. The third kappa shape index (κ3) is 2.44. The van der Waals surface area contributed by atoms with E-state index in [0.717, 1.165) is 0 Å². The van der Waals surface area contributed by atoms with Crippen LogP contribution in [-0.4, -0.2) is 14.7 Å². The van der Waals surface area contributed by atoms with Gasteiger partial charge in [-0.25, -0.2) is 0 Å². The van der Waals surface area contributed by atoms with Crippen LogP contribution in [0.1, 0.15) is 19.4 Å². The lowest BCUT2D eigenvalue weighted by molar-refractivity contribution is 0.321. The molecule has 96 valence electrons. The zero-order valence-corrected chi connectivity index (χ0v) is 12.2. The zero-order chi connectivity index (χ0) is 13.2. The van der Waals surface area contributed by atoms with Crippen LogP contribution in [0.4, 0.5) is 0 Å². The van der Waals surface area contributed by atoms with Crippen LogP contribution in [0.3, 0.4) is 0 Å². The summed E-state index contributed by atoms with van der Waals surface area (Å²) in [6.45, 7) is 5.05. The molecular formula is C16H17NOSi. The maximum absolute atomic E-state index is 5.79. The van der Waals surface area contributed by atoms with E-state index in [9.17, 15) is 0 Å². The summed E-state index contributed by atoms with van der Waals surface area (Å²) in [7, 11) is 0.560. The van der Waals surface area contributed by atoms with Gasteiger partial charge in [0.1, 0.15) is 0 Å². The second-order valence-electron chi connectivity index (χ2n) is 5.07. The average molecular weight is 267 g/mol. The van der Waals surface area contributed by atoms with E-state index < -0.39 is 0 Å². The molecular weight excluding hydrogens is 250 g/mol. The highest BCUT2D eigenvalue weighted by Crippen LogP contribution is 2.27. The van der Waals surface area contributed by atoms with E-state index in [4.69, 9.17) is 4.43 Å². The molecule has 1 N–H and O–H groups in total. The Morgan fingerprint density at radius 1 is 1.05 bits per heavy atom. The summed E-state index contributed by atoms with van der Waals surface area (Å²) < 4.78 is 5.79. The molecule has 0 bridgehead atoms. The second kappa shape index (κ2) is 5.19. The molecule has 2 aromatic carbocycles. The number of fused-ring (bicyclic) bond motifs is 3. The average Bonchev–Trinajstić information content (AvgIpc) is 2.78.